The lowest BCUT2D eigenvalue weighted by atomic mass is 10.3. The Labute approximate surface area is 128 Å². The van der Waals surface area contributed by atoms with E-state index in [1.54, 1.807) is 13.2 Å². The molecular formula is C11H13IN6O2. The predicted octanol–water partition coefficient (Wildman–Crippen LogP) is 0.592. The molecule has 0 aromatic carbocycles. The van der Waals surface area contributed by atoms with E-state index in [0.29, 0.717) is 21.5 Å². The Balaban J connectivity index is 2.34. The SMILES string of the molecule is CCn1ncc(NC(=O)c2c(I)cnn2C)c1C(N)=O. The van der Waals surface area contributed by atoms with Crippen molar-refractivity contribution in [3.8, 4) is 0 Å². The summed E-state index contributed by atoms with van der Waals surface area (Å²) in [5.41, 5.74) is 6.20. The van der Waals surface area contributed by atoms with E-state index in [1.165, 1.54) is 15.6 Å². The topological polar surface area (TPSA) is 108 Å². The van der Waals surface area contributed by atoms with Crippen LogP contribution in [0.4, 0.5) is 5.69 Å². The van der Waals surface area contributed by atoms with Crippen LogP contribution >= 0.6 is 22.6 Å². The lowest BCUT2D eigenvalue weighted by molar-refractivity contribution is 0.0991. The van der Waals surface area contributed by atoms with Crippen LogP contribution in [0.15, 0.2) is 12.4 Å². The van der Waals surface area contributed by atoms with Gasteiger partial charge in [0, 0.05) is 13.6 Å². The first kappa shape index (κ1) is 14.5. The van der Waals surface area contributed by atoms with Crippen LogP contribution in [0, 0.1) is 3.57 Å². The Morgan fingerprint density at radius 3 is 2.55 bits per heavy atom. The maximum atomic E-state index is 12.2. The zero-order chi connectivity index (χ0) is 14.9. The minimum absolute atomic E-state index is 0.179. The van der Waals surface area contributed by atoms with Crippen LogP contribution in [0.25, 0.3) is 0 Å². The molecule has 2 aromatic heterocycles. The van der Waals surface area contributed by atoms with Crippen LogP contribution in [0.5, 0.6) is 0 Å². The normalized spacial score (nSPS) is 10.6. The summed E-state index contributed by atoms with van der Waals surface area (Å²) in [5.74, 6) is -1.01. The average molecular weight is 388 g/mol. The highest BCUT2D eigenvalue weighted by atomic mass is 127. The third-order valence-corrected chi connectivity index (χ3v) is 3.52. The van der Waals surface area contributed by atoms with E-state index in [2.05, 4.69) is 15.5 Å². The molecule has 2 aromatic rings. The molecule has 20 heavy (non-hydrogen) atoms. The number of hydrogen-bond acceptors (Lipinski definition) is 4. The molecule has 2 amide bonds. The van der Waals surface area contributed by atoms with E-state index < -0.39 is 5.91 Å². The summed E-state index contributed by atoms with van der Waals surface area (Å²) in [4.78, 5) is 23.7. The fourth-order valence-electron chi connectivity index (χ4n) is 1.82. The van der Waals surface area contributed by atoms with Crippen LogP contribution in [0.3, 0.4) is 0 Å². The van der Waals surface area contributed by atoms with E-state index >= 15 is 0 Å². The number of aryl methyl sites for hydroxylation is 2. The van der Waals surface area contributed by atoms with Crippen molar-refractivity contribution in [1.82, 2.24) is 19.6 Å². The number of rotatable bonds is 4. The van der Waals surface area contributed by atoms with Gasteiger partial charge in [0.05, 0.1) is 21.7 Å². The van der Waals surface area contributed by atoms with Gasteiger partial charge in [0.2, 0.25) is 0 Å². The second kappa shape index (κ2) is 5.61. The van der Waals surface area contributed by atoms with Gasteiger partial charge in [-0.1, -0.05) is 0 Å². The molecule has 0 radical (unpaired) electrons. The minimum Gasteiger partial charge on any atom is -0.364 e. The third-order valence-electron chi connectivity index (χ3n) is 2.73. The summed E-state index contributed by atoms with van der Waals surface area (Å²) in [6.07, 6.45) is 2.99. The van der Waals surface area contributed by atoms with Crippen LogP contribution in [0.1, 0.15) is 27.9 Å². The van der Waals surface area contributed by atoms with Gasteiger partial charge in [0.25, 0.3) is 11.8 Å². The highest BCUT2D eigenvalue weighted by molar-refractivity contribution is 14.1. The molecule has 0 aliphatic heterocycles. The molecule has 0 spiro atoms. The van der Waals surface area contributed by atoms with E-state index in [4.69, 9.17) is 5.73 Å². The minimum atomic E-state index is -0.639. The quantitative estimate of drug-likeness (QED) is 0.748. The molecular weight excluding hydrogens is 375 g/mol. The monoisotopic (exact) mass is 388 g/mol. The molecule has 0 aliphatic rings. The van der Waals surface area contributed by atoms with Gasteiger partial charge in [-0.2, -0.15) is 10.2 Å². The van der Waals surface area contributed by atoms with Gasteiger partial charge < -0.3 is 11.1 Å². The number of aromatic nitrogens is 4. The Hall–Kier alpha value is -1.91. The van der Waals surface area contributed by atoms with Crippen molar-refractivity contribution in [3.05, 3.63) is 27.4 Å². The molecule has 0 fully saturated rings. The number of hydrogen-bond donors (Lipinski definition) is 2. The smallest absolute Gasteiger partial charge is 0.275 e. The van der Waals surface area contributed by atoms with Crippen molar-refractivity contribution in [3.63, 3.8) is 0 Å². The number of nitrogens with two attached hydrogens (primary N) is 1. The number of carbonyl (C=O) groups excluding carboxylic acids is 2. The van der Waals surface area contributed by atoms with Crippen molar-refractivity contribution in [1.29, 1.82) is 0 Å². The number of nitrogens with zero attached hydrogens (tertiary/aromatic N) is 4. The summed E-state index contributed by atoms with van der Waals surface area (Å²) < 4.78 is 3.61. The van der Waals surface area contributed by atoms with Crippen LogP contribution in [-0.2, 0) is 13.6 Å². The number of nitrogens with one attached hydrogen (secondary N) is 1. The highest BCUT2D eigenvalue weighted by Gasteiger charge is 2.20. The molecule has 0 unspecified atom stereocenters. The Morgan fingerprint density at radius 2 is 2.05 bits per heavy atom. The molecule has 0 bridgehead atoms. The summed E-state index contributed by atoms with van der Waals surface area (Å²) in [6.45, 7) is 2.31. The molecule has 0 atom stereocenters. The molecule has 0 aliphatic carbocycles. The lowest BCUT2D eigenvalue weighted by Crippen LogP contribution is -2.22. The second-order valence-corrected chi connectivity index (χ2v) is 5.17. The zero-order valence-corrected chi connectivity index (χ0v) is 13.1. The summed E-state index contributed by atoms with van der Waals surface area (Å²) in [7, 11) is 1.67. The standard InChI is InChI=1S/C11H13IN6O2/c1-3-18-9(10(13)19)7(5-15-18)16-11(20)8-6(12)4-14-17(8)2/h4-5H,3H2,1-2H3,(H2,13,19)(H,16,20). The molecule has 3 N–H and O–H groups in total. The van der Waals surface area contributed by atoms with E-state index in [0.717, 1.165) is 0 Å². The molecule has 0 saturated carbocycles. The molecule has 2 rings (SSSR count). The van der Waals surface area contributed by atoms with Gasteiger partial charge in [-0.3, -0.25) is 19.0 Å². The number of primary amides is 1. The fourth-order valence-corrected chi connectivity index (χ4v) is 2.54. The average Bonchev–Trinajstić information content (AvgIpc) is 2.93. The molecule has 2 heterocycles. The predicted molar refractivity (Wildman–Crippen MR) is 80.3 cm³/mol. The van der Waals surface area contributed by atoms with E-state index in [1.807, 2.05) is 29.5 Å². The van der Waals surface area contributed by atoms with Crippen LogP contribution < -0.4 is 11.1 Å². The first-order valence-corrected chi connectivity index (χ1v) is 6.88. The van der Waals surface area contributed by atoms with Crippen LogP contribution in [0.2, 0.25) is 0 Å². The second-order valence-electron chi connectivity index (χ2n) is 4.01. The van der Waals surface area contributed by atoms with Gasteiger partial charge in [0.15, 0.2) is 0 Å². The fraction of sp³-hybridized carbons (Fsp3) is 0.273. The summed E-state index contributed by atoms with van der Waals surface area (Å²) >= 11 is 2.02. The Bertz CT molecular complexity index is 655. The largest absolute Gasteiger partial charge is 0.364 e. The van der Waals surface area contributed by atoms with Gasteiger partial charge in [-0.15, -0.1) is 0 Å². The van der Waals surface area contributed by atoms with Crippen molar-refractivity contribution in [2.75, 3.05) is 5.32 Å². The van der Waals surface area contributed by atoms with Gasteiger partial charge in [0.1, 0.15) is 11.4 Å². The first-order valence-electron chi connectivity index (χ1n) is 5.80. The van der Waals surface area contributed by atoms with Gasteiger partial charge in [-0.05, 0) is 29.5 Å². The third kappa shape index (κ3) is 2.53. The highest BCUT2D eigenvalue weighted by Crippen LogP contribution is 2.17. The number of amides is 2. The summed E-state index contributed by atoms with van der Waals surface area (Å²) in [6, 6.07) is 0. The van der Waals surface area contributed by atoms with Crippen LogP contribution in [-0.4, -0.2) is 31.4 Å². The maximum absolute atomic E-state index is 12.2. The number of anilines is 1. The molecule has 0 saturated heterocycles. The Kier molecular flexibility index (Phi) is 4.06. The Morgan fingerprint density at radius 1 is 1.35 bits per heavy atom. The zero-order valence-electron chi connectivity index (χ0n) is 10.9. The van der Waals surface area contributed by atoms with Gasteiger partial charge in [-0.25, -0.2) is 0 Å². The lowest BCUT2D eigenvalue weighted by Gasteiger charge is -2.07. The first-order chi connectivity index (χ1) is 9.45. The number of halogens is 1. The van der Waals surface area contributed by atoms with Crippen molar-refractivity contribution < 1.29 is 9.59 Å². The van der Waals surface area contributed by atoms with E-state index in [-0.39, 0.29) is 11.6 Å². The van der Waals surface area contributed by atoms with Crippen molar-refractivity contribution in [2.45, 2.75) is 13.5 Å². The molecule has 9 heteroatoms. The van der Waals surface area contributed by atoms with E-state index in [9.17, 15) is 9.59 Å². The molecule has 106 valence electrons. The maximum Gasteiger partial charge on any atom is 0.275 e. The van der Waals surface area contributed by atoms with Crippen molar-refractivity contribution in [2.24, 2.45) is 12.8 Å². The number of carbonyl (C=O) groups is 2. The van der Waals surface area contributed by atoms with Gasteiger partial charge >= 0.3 is 0 Å². The van der Waals surface area contributed by atoms with Crippen molar-refractivity contribution >= 4 is 40.1 Å². The molecule has 8 nitrogen and oxygen atoms in total. The summed E-state index contributed by atoms with van der Waals surface area (Å²) in [5, 5.41) is 10.6.